The van der Waals surface area contributed by atoms with Gasteiger partial charge in [-0.15, -0.1) is 0 Å². The molecule has 1 saturated heterocycles. The zero-order valence-electron chi connectivity index (χ0n) is 33.9. The Kier molecular flexibility index (Phi) is 15.1. The van der Waals surface area contributed by atoms with Crippen molar-refractivity contribution in [2.75, 3.05) is 6.61 Å². The third-order valence-corrected chi connectivity index (χ3v) is 21.7. The van der Waals surface area contributed by atoms with Crippen LogP contribution >= 0.6 is 0 Å². The number of rotatable bonds is 18. The van der Waals surface area contributed by atoms with Gasteiger partial charge in [0.25, 0.3) is 8.32 Å². The van der Waals surface area contributed by atoms with E-state index in [1.165, 1.54) is 10.4 Å². The van der Waals surface area contributed by atoms with Gasteiger partial charge in [-0.3, -0.25) is 4.79 Å². The van der Waals surface area contributed by atoms with Crippen LogP contribution in [0.15, 0.2) is 72.8 Å². The minimum absolute atomic E-state index is 0.000804. The van der Waals surface area contributed by atoms with Gasteiger partial charge in [0.15, 0.2) is 19.9 Å². The minimum Gasteiger partial charge on any atom is -0.413 e. The van der Waals surface area contributed by atoms with Gasteiger partial charge >= 0.3 is 0 Å². The second kappa shape index (κ2) is 18.4. The summed E-state index contributed by atoms with van der Waals surface area (Å²) < 4.78 is 27.5. The molecule has 0 amide bonds. The highest BCUT2D eigenvalue weighted by atomic mass is 28.4. The largest absolute Gasteiger partial charge is 0.413 e. The standard InChI is InChI=1S/C44H68O6Si2/c1-11-51(12-2,13-3)50-41(30-33(4)32-45)42-39(34(5)24-27-40(42)46)26-25-35-31-36(49-44(9,10)48-35)28-29-47-52(43(6,7)8,37-20-16-14-17-21-37)38-22-18-15-19-23-38/h14-24,27,32-36,39,41-42H,11-13,25-26,28-31H2,1-10H3/t33-,34+,35-,36?,39+,41?,42-/m1/s1. The lowest BCUT2D eigenvalue weighted by Crippen LogP contribution is -2.66. The van der Waals surface area contributed by atoms with E-state index < -0.39 is 22.4 Å². The Labute approximate surface area is 317 Å². The molecule has 2 aromatic carbocycles. The fourth-order valence-electron chi connectivity index (χ4n) is 9.01. The molecule has 6 nitrogen and oxygen atoms in total. The summed E-state index contributed by atoms with van der Waals surface area (Å²) in [6.07, 6.45) is 8.42. The van der Waals surface area contributed by atoms with Crippen molar-refractivity contribution in [1.82, 2.24) is 0 Å². The quantitative estimate of drug-likeness (QED) is 0.112. The van der Waals surface area contributed by atoms with Crippen LogP contribution in [-0.2, 0) is 27.9 Å². The molecule has 7 atom stereocenters. The van der Waals surface area contributed by atoms with E-state index in [4.69, 9.17) is 18.3 Å². The van der Waals surface area contributed by atoms with Crippen LogP contribution in [0.2, 0.25) is 23.2 Å². The van der Waals surface area contributed by atoms with E-state index in [0.29, 0.717) is 13.0 Å². The molecule has 0 aromatic heterocycles. The summed E-state index contributed by atoms with van der Waals surface area (Å²) >= 11 is 0. The molecule has 1 aliphatic carbocycles. The third kappa shape index (κ3) is 10.1. The number of carbonyl (C=O) groups excluding carboxylic acids is 2. The number of carbonyl (C=O) groups is 2. The van der Waals surface area contributed by atoms with Crippen molar-refractivity contribution in [3.8, 4) is 0 Å². The molecule has 4 rings (SSSR count). The molecule has 1 heterocycles. The summed E-state index contributed by atoms with van der Waals surface area (Å²) in [7, 11) is -4.69. The molecule has 0 bridgehead atoms. The van der Waals surface area contributed by atoms with Gasteiger partial charge in [0.2, 0.25) is 0 Å². The molecular weight excluding hydrogens is 681 g/mol. The van der Waals surface area contributed by atoms with Crippen molar-refractivity contribution in [2.24, 2.45) is 23.7 Å². The van der Waals surface area contributed by atoms with Gasteiger partial charge in [-0.05, 0) is 91.0 Å². The van der Waals surface area contributed by atoms with E-state index in [1.54, 1.807) is 6.08 Å². The summed E-state index contributed by atoms with van der Waals surface area (Å²) in [5.74, 6) is -0.664. The number of ketones is 1. The van der Waals surface area contributed by atoms with Gasteiger partial charge in [0.05, 0.1) is 24.2 Å². The molecule has 2 aromatic rings. The van der Waals surface area contributed by atoms with Gasteiger partial charge < -0.3 is 23.1 Å². The maximum Gasteiger partial charge on any atom is 0.261 e. The van der Waals surface area contributed by atoms with E-state index in [1.807, 2.05) is 20.8 Å². The Bertz CT molecular complexity index is 1390. The Balaban J connectivity index is 1.52. The molecular formula is C44H68O6Si2. The van der Waals surface area contributed by atoms with Crippen LogP contribution in [0.4, 0.5) is 0 Å². The summed E-state index contributed by atoms with van der Waals surface area (Å²) in [5, 5.41) is 2.47. The lowest BCUT2D eigenvalue weighted by atomic mass is 9.69. The van der Waals surface area contributed by atoms with E-state index in [-0.39, 0.29) is 52.8 Å². The third-order valence-electron chi connectivity index (χ3n) is 12.0. The molecule has 2 aliphatic rings. The highest BCUT2D eigenvalue weighted by Crippen LogP contribution is 2.42. The van der Waals surface area contributed by atoms with Crippen molar-refractivity contribution in [3.05, 3.63) is 72.8 Å². The average molecular weight is 749 g/mol. The highest BCUT2D eigenvalue weighted by molar-refractivity contribution is 6.99. The zero-order valence-corrected chi connectivity index (χ0v) is 35.9. The highest BCUT2D eigenvalue weighted by Gasteiger charge is 2.50. The number of hydrogen-bond acceptors (Lipinski definition) is 6. The topological polar surface area (TPSA) is 71.1 Å². The van der Waals surface area contributed by atoms with Crippen LogP contribution in [0.25, 0.3) is 0 Å². The van der Waals surface area contributed by atoms with Gasteiger partial charge in [0, 0.05) is 18.9 Å². The molecule has 0 saturated carbocycles. The first-order valence-electron chi connectivity index (χ1n) is 20.1. The molecule has 288 valence electrons. The smallest absolute Gasteiger partial charge is 0.261 e. The molecule has 0 radical (unpaired) electrons. The molecule has 0 spiro atoms. The second-order valence-electron chi connectivity index (χ2n) is 17.1. The van der Waals surface area contributed by atoms with E-state index >= 15 is 0 Å². The van der Waals surface area contributed by atoms with Crippen molar-refractivity contribution in [2.45, 2.75) is 149 Å². The lowest BCUT2D eigenvalue weighted by Gasteiger charge is -2.45. The fraction of sp³-hybridized carbons (Fsp3) is 0.636. The number of ether oxygens (including phenoxy) is 2. The zero-order chi connectivity index (χ0) is 38.2. The monoisotopic (exact) mass is 748 g/mol. The van der Waals surface area contributed by atoms with Gasteiger partial charge in [-0.25, -0.2) is 0 Å². The summed E-state index contributed by atoms with van der Waals surface area (Å²) in [6.45, 7) is 22.4. The number of aldehydes is 1. The normalized spacial score (nSPS) is 25.1. The average Bonchev–Trinajstić information content (AvgIpc) is 3.12. The Hall–Kier alpha value is -2.21. The summed E-state index contributed by atoms with van der Waals surface area (Å²) in [6, 6.07) is 24.6. The van der Waals surface area contributed by atoms with Gasteiger partial charge in [-0.1, -0.05) is 122 Å². The molecule has 2 unspecified atom stereocenters. The Morgan fingerprint density at radius 3 is 1.92 bits per heavy atom. The number of hydrogen-bond donors (Lipinski definition) is 0. The van der Waals surface area contributed by atoms with Crippen molar-refractivity contribution >= 4 is 39.1 Å². The summed E-state index contributed by atoms with van der Waals surface area (Å²) in [4.78, 5) is 25.7. The van der Waals surface area contributed by atoms with Crippen LogP contribution in [0.3, 0.4) is 0 Å². The van der Waals surface area contributed by atoms with Crippen molar-refractivity contribution in [1.29, 1.82) is 0 Å². The molecule has 8 heteroatoms. The molecule has 1 fully saturated rings. The predicted octanol–water partition coefficient (Wildman–Crippen LogP) is 9.27. The Morgan fingerprint density at radius 1 is 0.885 bits per heavy atom. The van der Waals surface area contributed by atoms with Crippen LogP contribution in [0.1, 0.15) is 101 Å². The van der Waals surface area contributed by atoms with E-state index in [9.17, 15) is 9.59 Å². The lowest BCUT2D eigenvalue weighted by molar-refractivity contribution is -0.302. The molecule has 0 N–H and O–H groups in total. The minimum atomic E-state index is -2.65. The van der Waals surface area contributed by atoms with Crippen LogP contribution < -0.4 is 10.4 Å². The Morgan fingerprint density at radius 2 is 1.42 bits per heavy atom. The van der Waals surface area contributed by atoms with Crippen molar-refractivity contribution in [3.63, 3.8) is 0 Å². The summed E-state index contributed by atoms with van der Waals surface area (Å²) in [5.41, 5.74) is 0. The van der Waals surface area contributed by atoms with E-state index in [0.717, 1.165) is 50.1 Å². The first-order chi connectivity index (χ1) is 24.6. The van der Waals surface area contributed by atoms with Crippen LogP contribution in [0, 0.1) is 23.7 Å². The fourth-order valence-corrected chi connectivity index (χ4v) is 16.5. The van der Waals surface area contributed by atoms with Gasteiger partial charge in [0.1, 0.15) is 6.29 Å². The first-order valence-corrected chi connectivity index (χ1v) is 24.5. The maximum atomic E-state index is 13.8. The number of benzene rings is 2. The van der Waals surface area contributed by atoms with Gasteiger partial charge in [-0.2, -0.15) is 0 Å². The number of allylic oxidation sites excluding steroid dienone is 2. The van der Waals surface area contributed by atoms with E-state index in [2.05, 4.69) is 115 Å². The maximum absolute atomic E-state index is 13.8. The molecule has 1 aliphatic heterocycles. The first kappa shape index (κ1) is 42.5. The SMILES string of the molecule is CC[Si](CC)(CC)OC(C[C@@H](C)C=O)[C@H]1C(=O)C=C[C@H](C)[C@@H]1CC[C@@H]1CC(CCO[Si](c2ccccc2)(c2ccccc2)C(C)(C)C)OC(C)(C)O1. The second-order valence-corrected chi connectivity index (χ2v) is 26.1. The van der Waals surface area contributed by atoms with Crippen molar-refractivity contribution < 1.29 is 27.9 Å². The van der Waals surface area contributed by atoms with Crippen LogP contribution in [0.5, 0.6) is 0 Å². The predicted molar refractivity (Wildman–Crippen MR) is 218 cm³/mol. The molecule has 52 heavy (non-hydrogen) atoms. The van der Waals surface area contributed by atoms with Crippen LogP contribution in [-0.4, -0.2) is 59.4 Å².